The van der Waals surface area contributed by atoms with E-state index in [1.165, 1.54) is 18.4 Å². The summed E-state index contributed by atoms with van der Waals surface area (Å²) >= 11 is 0. The molecule has 1 aliphatic rings. The van der Waals surface area contributed by atoms with Crippen molar-refractivity contribution >= 4 is 5.97 Å². The van der Waals surface area contributed by atoms with Crippen LogP contribution >= 0.6 is 0 Å². The smallest absolute Gasteiger partial charge is 0.335 e. The minimum atomic E-state index is -0.860. The molecule has 0 spiro atoms. The van der Waals surface area contributed by atoms with Crippen LogP contribution in [0.3, 0.4) is 0 Å². The fourth-order valence-electron chi connectivity index (χ4n) is 2.59. The van der Waals surface area contributed by atoms with E-state index in [9.17, 15) is 4.79 Å². The molecule has 2 unspecified atom stereocenters. The minimum Gasteiger partial charge on any atom is -0.478 e. The fraction of sp³-hybridized carbons (Fsp3) is 0.533. The number of carbonyl (C=O) groups is 1. The molecule has 0 saturated carbocycles. The average molecular weight is 247 g/mol. The molecule has 1 aliphatic heterocycles. The van der Waals surface area contributed by atoms with Gasteiger partial charge in [-0.15, -0.1) is 0 Å². The Bertz CT molecular complexity index is 413. The maximum Gasteiger partial charge on any atom is 0.335 e. The van der Waals surface area contributed by atoms with Crippen LogP contribution in [0.2, 0.25) is 0 Å². The lowest BCUT2D eigenvalue weighted by Gasteiger charge is -2.36. The summed E-state index contributed by atoms with van der Waals surface area (Å²) in [4.78, 5) is 13.3. The van der Waals surface area contributed by atoms with Gasteiger partial charge in [-0.1, -0.05) is 19.1 Å². The summed E-state index contributed by atoms with van der Waals surface area (Å²) in [5.74, 6) is -0.0963. The SMILES string of the molecule is CC1CCC(C)N(Cc2ccc(C(=O)O)cc2)C1. The quantitative estimate of drug-likeness (QED) is 0.892. The second kappa shape index (κ2) is 5.53. The van der Waals surface area contributed by atoms with E-state index in [-0.39, 0.29) is 0 Å². The van der Waals surface area contributed by atoms with Gasteiger partial charge in [-0.3, -0.25) is 4.90 Å². The van der Waals surface area contributed by atoms with Gasteiger partial charge in [0.15, 0.2) is 0 Å². The molecule has 0 aliphatic carbocycles. The zero-order valence-corrected chi connectivity index (χ0v) is 11.1. The van der Waals surface area contributed by atoms with Crippen LogP contribution in [0.25, 0.3) is 0 Å². The van der Waals surface area contributed by atoms with Crippen LogP contribution in [0, 0.1) is 5.92 Å². The van der Waals surface area contributed by atoms with Crippen LogP contribution < -0.4 is 0 Å². The van der Waals surface area contributed by atoms with Crippen molar-refractivity contribution in [2.45, 2.75) is 39.3 Å². The molecule has 1 N–H and O–H groups in total. The Hall–Kier alpha value is -1.35. The zero-order valence-electron chi connectivity index (χ0n) is 11.1. The Balaban J connectivity index is 2.02. The van der Waals surface area contributed by atoms with Crippen LogP contribution in [0.1, 0.15) is 42.6 Å². The van der Waals surface area contributed by atoms with Gasteiger partial charge in [-0.05, 0) is 43.4 Å². The molecule has 0 radical (unpaired) electrons. The number of benzene rings is 1. The Morgan fingerprint density at radius 3 is 2.56 bits per heavy atom. The predicted molar refractivity (Wildman–Crippen MR) is 71.7 cm³/mol. The van der Waals surface area contributed by atoms with E-state index in [0.717, 1.165) is 19.0 Å². The van der Waals surface area contributed by atoms with Crippen LogP contribution in [0.4, 0.5) is 0 Å². The highest BCUT2D eigenvalue weighted by Crippen LogP contribution is 2.23. The number of rotatable bonds is 3. The molecule has 0 bridgehead atoms. The third-order valence-corrected chi connectivity index (χ3v) is 3.83. The number of hydrogen-bond acceptors (Lipinski definition) is 2. The first-order valence-corrected chi connectivity index (χ1v) is 6.62. The first-order chi connectivity index (χ1) is 8.56. The molecule has 1 heterocycles. The Kier molecular flexibility index (Phi) is 4.02. The zero-order chi connectivity index (χ0) is 13.1. The average Bonchev–Trinajstić information content (AvgIpc) is 2.34. The highest BCUT2D eigenvalue weighted by Gasteiger charge is 2.22. The summed E-state index contributed by atoms with van der Waals surface area (Å²) in [6, 6.07) is 7.86. The van der Waals surface area contributed by atoms with E-state index in [1.54, 1.807) is 12.1 Å². The molecule has 0 aromatic heterocycles. The first kappa shape index (κ1) is 13.1. The third kappa shape index (κ3) is 3.10. The number of nitrogens with zero attached hydrogens (tertiary/aromatic N) is 1. The molecule has 1 aromatic rings. The van der Waals surface area contributed by atoms with E-state index in [4.69, 9.17) is 5.11 Å². The van der Waals surface area contributed by atoms with E-state index in [1.807, 2.05) is 12.1 Å². The summed E-state index contributed by atoms with van der Waals surface area (Å²) in [7, 11) is 0. The van der Waals surface area contributed by atoms with Crippen molar-refractivity contribution in [1.82, 2.24) is 4.90 Å². The molecule has 1 aromatic carbocycles. The van der Waals surface area contributed by atoms with Gasteiger partial charge in [0.05, 0.1) is 5.56 Å². The van der Waals surface area contributed by atoms with E-state index in [2.05, 4.69) is 18.7 Å². The standard InChI is InChI=1S/C15H21NO2/c1-11-3-4-12(2)16(9-11)10-13-5-7-14(8-6-13)15(17)18/h5-8,11-12H,3-4,9-10H2,1-2H3,(H,17,18). The number of piperidine rings is 1. The van der Waals surface area contributed by atoms with Crippen LogP contribution in [0.5, 0.6) is 0 Å². The Morgan fingerprint density at radius 1 is 1.28 bits per heavy atom. The summed E-state index contributed by atoms with van der Waals surface area (Å²) in [5, 5.41) is 8.86. The Morgan fingerprint density at radius 2 is 1.94 bits per heavy atom. The molecular formula is C15H21NO2. The number of likely N-dealkylation sites (tertiary alicyclic amines) is 1. The van der Waals surface area contributed by atoms with Gasteiger partial charge < -0.3 is 5.11 Å². The van der Waals surface area contributed by atoms with Crippen LogP contribution in [0.15, 0.2) is 24.3 Å². The van der Waals surface area contributed by atoms with Crippen molar-refractivity contribution in [1.29, 1.82) is 0 Å². The maximum atomic E-state index is 10.8. The van der Waals surface area contributed by atoms with Gasteiger partial charge in [0, 0.05) is 19.1 Å². The first-order valence-electron chi connectivity index (χ1n) is 6.62. The number of aromatic carboxylic acids is 1. The lowest BCUT2D eigenvalue weighted by molar-refractivity contribution is 0.0697. The van der Waals surface area contributed by atoms with Gasteiger partial charge in [0.2, 0.25) is 0 Å². The molecule has 18 heavy (non-hydrogen) atoms. The summed E-state index contributed by atoms with van der Waals surface area (Å²) in [5.41, 5.74) is 1.56. The topological polar surface area (TPSA) is 40.5 Å². The van der Waals surface area contributed by atoms with Crippen LogP contribution in [-0.4, -0.2) is 28.6 Å². The van der Waals surface area contributed by atoms with Crippen molar-refractivity contribution in [3.63, 3.8) is 0 Å². The molecule has 2 rings (SSSR count). The van der Waals surface area contributed by atoms with Crippen molar-refractivity contribution in [2.75, 3.05) is 6.54 Å². The van der Waals surface area contributed by atoms with Gasteiger partial charge >= 0.3 is 5.97 Å². The molecule has 2 atom stereocenters. The normalized spacial score (nSPS) is 25.0. The molecular weight excluding hydrogens is 226 g/mol. The summed E-state index contributed by atoms with van der Waals surface area (Å²) in [6.45, 7) is 6.64. The van der Waals surface area contributed by atoms with Gasteiger partial charge in [-0.25, -0.2) is 4.79 Å². The fourth-order valence-corrected chi connectivity index (χ4v) is 2.59. The monoisotopic (exact) mass is 247 g/mol. The van der Waals surface area contributed by atoms with Gasteiger partial charge in [-0.2, -0.15) is 0 Å². The lowest BCUT2D eigenvalue weighted by atomic mass is 9.94. The third-order valence-electron chi connectivity index (χ3n) is 3.83. The van der Waals surface area contributed by atoms with Crippen LogP contribution in [-0.2, 0) is 6.54 Å². The summed E-state index contributed by atoms with van der Waals surface area (Å²) in [6.07, 6.45) is 2.57. The molecule has 98 valence electrons. The van der Waals surface area contributed by atoms with Gasteiger partial charge in [0.1, 0.15) is 0 Å². The molecule has 1 saturated heterocycles. The molecule has 0 amide bonds. The number of carboxylic acid groups (broad SMARTS) is 1. The van der Waals surface area contributed by atoms with Crippen molar-refractivity contribution in [2.24, 2.45) is 5.92 Å². The number of carboxylic acids is 1. The van der Waals surface area contributed by atoms with E-state index in [0.29, 0.717) is 11.6 Å². The number of hydrogen-bond donors (Lipinski definition) is 1. The van der Waals surface area contributed by atoms with Gasteiger partial charge in [0.25, 0.3) is 0 Å². The highest BCUT2D eigenvalue weighted by atomic mass is 16.4. The highest BCUT2D eigenvalue weighted by molar-refractivity contribution is 5.87. The predicted octanol–water partition coefficient (Wildman–Crippen LogP) is 3.01. The minimum absolute atomic E-state index is 0.360. The van der Waals surface area contributed by atoms with Crippen molar-refractivity contribution in [3.05, 3.63) is 35.4 Å². The van der Waals surface area contributed by atoms with E-state index >= 15 is 0 Å². The molecule has 3 heteroatoms. The maximum absolute atomic E-state index is 10.8. The largest absolute Gasteiger partial charge is 0.478 e. The summed E-state index contributed by atoms with van der Waals surface area (Å²) < 4.78 is 0. The van der Waals surface area contributed by atoms with Crippen molar-refractivity contribution < 1.29 is 9.90 Å². The second-order valence-electron chi connectivity index (χ2n) is 5.46. The van der Waals surface area contributed by atoms with E-state index < -0.39 is 5.97 Å². The van der Waals surface area contributed by atoms with Crippen molar-refractivity contribution in [3.8, 4) is 0 Å². The second-order valence-corrected chi connectivity index (χ2v) is 5.46. The molecule has 1 fully saturated rings. The molecule has 3 nitrogen and oxygen atoms in total. The Labute approximate surface area is 108 Å². The lowest BCUT2D eigenvalue weighted by Crippen LogP contribution is -2.40.